The topological polar surface area (TPSA) is 40.6 Å². The van der Waals surface area contributed by atoms with Crippen LogP contribution in [-0.2, 0) is 16.0 Å². The van der Waals surface area contributed by atoms with Crippen molar-refractivity contribution in [1.82, 2.24) is 9.80 Å². The van der Waals surface area contributed by atoms with Crippen molar-refractivity contribution in [2.75, 3.05) is 26.2 Å². The number of rotatable bonds is 4. The summed E-state index contributed by atoms with van der Waals surface area (Å²) in [6.07, 6.45) is 1.32. The van der Waals surface area contributed by atoms with Crippen LogP contribution >= 0.6 is 0 Å². The van der Waals surface area contributed by atoms with E-state index in [0.717, 1.165) is 17.5 Å². The third-order valence-corrected chi connectivity index (χ3v) is 4.58. The maximum absolute atomic E-state index is 12.4. The van der Waals surface area contributed by atoms with E-state index in [2.05, 4.69) is 0 Å². The molecule has 0 aromatic heterocycles. The van der Waals surface area contributed by atoms with Crippen molar-refractivity contribution < 1.29 is 9.59 Å². The van der Waals surface area contributed by atoms with E-state index in [1.165, 1.54) is 0 Å². The summed E-state index contributed by atoms with van der Waals surface area (Å²) in [5.74, 6) is 0.452. The Bertz CT molecular complexity index is 534. The Kier molecular flexibility index (Phi) is 5.58. The average molecular weight is 302 g/mol. The average Bonchev–Trinajstić information content (AvgIpc) is 2.55. The lowest BCUT2D eigenvalue weighted by Crippen LogP contribution is -2.52. The highest BCUT2D eigenvalue weighted by atomic mass is 16.2. The second-order valence-corrected chi connectivity index (χ2v) is 6.12. The van der Waals surface area contributed by atoms with Crippen molar-refractivity contribution in [2.45, 2.75) is 33.6 Å². The van der Waals surface area contributed by atoms with Gasteiger partial charge in [-0.15, -0.1) is 0 Å². The molecule has 1 atom stereocenters. The number of carbonyl (C=O) groups is 2. The van der Waals surface area contributed by atoms with E-state index in [1.807, 2.05) is 54.8 Å². The van der Waals surface area contributed by atoms with Gasteiger partial charge in [-0.2, -0.15) is 0 Å². The molecule has 0 radical (unpaired) electrons. The fourth-order valence-corrected chi connectivity index (χ4v) is 2.75. The van der Waals surface area contributed by atoms with Crippen molar-refractivity contribution >= 4 is 11.8 Å². The van der Waals surface area contributed by atoms with Crippen LogP contribution in [0.3, 0.4) is 0 Å². The lowest BCUT2D eigenvalue weighted by molar-refractivity contribution is -0.141. The van der Waals surface area contributed by atoms with Crippen LogP contribution in [0.5, 0.6) is 0 Å². The smallest absolute Gasteiger partial charge is 0.227 e. The minimum atomic E-state index is 0.0780. The van der Waals surface area contributed by atoms with Gasteiger partial charge in [-0.05, 0) is 24.5 Å². The van der Waals surface area contributed by atoms with E-state index in [9.17, 15) is 9.59 Å². The van der Waals surface area contributed by atoms with Gasteiger partial charge in [-0.25, -0.2) is 0 Å². The summed E-state index contributed by atoms with van der Waals surface area (Å²) in [5.41, 5.74) is 2.24. The highest BCUT2D eigenvalue weighted by molar-refractivity contribution is 5.81. The Morgan fingerprint density at radius 1 is 1.09 bits per heavy atom. The number of amides is 2. The summed E-state index contributed by atoms with van der Waals surface area (Å²) in [6.45, 7) is 8.64. The first-order chi connectivity index (χ1) is 10.5. The predicted molar refractivity (Wildman–Crippen MR) is 87.5 cm³/mol. The number of hydrogen-bond donors (Lipinski definition) is 0. The summed E-state index contributed by atoms with van der Waals surface area (Å²) in [6, 6.07) is 8.00. The van der Waals surface area contributed by atoms with Crippen LogP contribution in [0.2, 0.25) is 0 Å². The van der Waals surface area contributed by atoms with Crippen LogP contribution in [0, 0.1) is 12.8 Å². The van der Waals surface area contributed by atoms with E-state index in [4.69, 9.17) is 0 Å². The number of benzene rings is 1. The molecule has 0 N–H and O–H groups in total. The number of piperazine rings is 1. The summed E-state index contributed by atoms with van der Waals surface area (Å²) in [5, 5.41) is 0. The Labute approximate surface area is 133 Å². The van der Waals surface area contributed by atoms with Gasteiger partial charge in [-0.1, -0.05) is 38.1 Å². The zero-order valence-corrected chi connectivity index (χ0v) is 13.8. The van der Waals surface area contributed by atoms with Gasteiger partial charge in [0.15, 0.2) is 0 Å². The fraction of sp³-hybridized carbons (Fsp3) is 0.556. The minimum absolute atomic E-state index is 0.0780. The maximum atomic E-state index is 12.4. The monoisotopic (exact) mass is 302 g/mol. The Morgan fingerprint density at radius 2 is 1.68 bits per heavy atom. The van der Waals surface area contributed by atoms with Crippen molar-refractivity contribution in [3.63, 3.8) is 0 Å². The Balaban J connectivity index is 1.88. The van der Waals surface area contributed by atoms with Crippen LogP contribution in [0.25, 0.3) is 0 Å². The Morgan fingerprint density at radius 3 is 2.27 bits per heavy atom. The Hall–Kier alpha value is -1.84. The summed E-state index contributed by atoms with van der Waals surface area (Å²) < 4.78 is 0. The highest BCUT2D eigenvalue weighted by Gasteiger charge is 2.26. The summed E-state index contributed by atoms with van der Waals surface area (Å²) >= 11 is 0. The first-order valence-corrected chi connectivity index (χ1v) is 8.14. The quantitative estimate of drug-likeness (QED) is 0.856. The molecule has 1 aromatic rings. The lowest BCUT2D eigenvalue weighted by atomic mass is 10.0. The molecule has 2 amide bonds. The van der Waals surface area contributed by atoms with Gasteiger partial charge in [0.2, 0.25) is 11.8 Å². The van der Waals surface area contributed by atoms with Crippen molar-refractivity contribution in [2.24, 2.45) is 5.92 Å². The first-order valence-electron chi connectivity index (χ1n) is 8.14. The molecule has 1 aromatic carbocycles. The van der Waals surface area contributed by atoms with E-state index in [0.29, 0.717) is 32.6 Å². The molecule has 1 heterocycles. The molecular weight excluding hydrogens is 276 g/mol. The number of carbonyl (C=O) groups excluding carboxylic acids is 2. The van der Waals surface area contributed by atoms with Gasteiger partial charge in [-0.3, -0.25) is 9.59 Å². The standard InChI is InChI=1S/C18H26N2O2/c1-4-14(2)18(22)20-11-9-19(10-12-20)17(21)13-16-8-6-5-7-15(16)3/h5-8,14H,4,9-13H2,1-3H3/t14-/m1/s1. The zero-order chi connectivity index (χ0) is 16.1. The number of hydrogen-bond acceptors (Lipinski definition) is 2. The molecule has 1 aliphatic rings. The molecule has 0 spiro atoms. The third-order valence-electron chi connectivity index (χ3n) is 4.58. The van der Waals surface area contributed by atoms with Crippen molar-refractivity contribution in [1.29, 1.82) is 0 Å². The molecule has 0 unspecified atom stereocenters. The fourth-order valence-electron chi connectivity index (χ4n) is 2.75. The summed E-state index contributed by atoms with van der Waals surface area (Å²) in [7, 11) is 0. The molecule has 22 heavy (non-hydrogen) atoms. The second-order valence-electron chi connectivity index (χ2n) is 6.12. The number of nitrogens with zero attached hydrogens (tertiary/aromatic N) is 2. The van der Waals surface area contributed by atoms with Crippen molar-refractivity contribution in [3.8, 4) is 0 Å². The van der Waals surface area contributed by atoms with Crippen LogP contribution in [-0.4, -0.2) is 47.8 Å². The molecule has 4 heteroatoms. The highest BCUT2D eigenvalue weighted by Crippen LogP contribution is 2.13. The molecule has 0 bridgehead atoms. The molecule has 1 fully saturated rings. The third kappa shape index (κ3) is 3.87. The van der Waals surface area contributed by atoms with Crippen LogP contribution < -0.4 is 0 Å². The zero-order valence-electron chi connectivity index (χ0n) is 13.8. The van der Waals surface area contributed by atoms with Gasteiger partial charge in [0.1, 0.15) is 0 Å². The van der Waals surface area contributed by atoms with E-state index >= 15 is 0 Å². The lowest BCUT2D eigenvalue weighted by Gasteiger charge is -2.36. The van der Waals surface area contributed by atoms with Crippen molar-refractivity contribution in [3.05, 3.63) is 35.4 Å². The van der Waals surface area contributed by atoms with E-state index < -0.39 is 0 Å². The van der Waals surface area contributed by atoms with E-state index in [1.54, 1.807) is 0 Å². The largest absolute Gasteiger partial charge is 0.339 e. The number of aryl methyl sites for hydroxylation is 1. The minimum Gasteiger partial charge on any atom is -0.339 e. The molecular formula is C18H26N2O2. The SMILES string of the molecule is CC[C@@H](C)C(=O)N1CCN(C(=O)Cc2ccccc2C)CC1. The van der Waals surface area contributed by atoms with Gasteiger partial charge in [0.05, 0.1) is 6.42 Å². The van der Waals surface area contributed by atoms with Gasteiger partial charge < -0.3 is 9.80 Å². The molecule has 1 saturated heterocycles. The van der Waals surface area contributed by atoms with Gasteiger partial charge in [0, 0.05) is 32.1 Å². The molecule has 0 aliphatic carbocycles. The van der Waals surface area contributed by atoms with Crippen LogP contribution in [0.4, 0.5) is 0 Å². The molecule has 120 valence electrons. The molecule has 4 nitrogen and oxygen atoms in total. The molecule has 0 saturated carbocycles. The van der Waals surface area contributed by atoms with Crippen LogP contribution in [0.15, 0.2) is 24.3 Å². The van der Waals surface area contributed by atoms with E-state index in [-0.39, 0.29) is 17.7 Å². The van der Waals surface area contributed by atoms with Gasteiger partial charge in [0.25, 0.3) is 0 Å². The molecule has 2 rings (SSSR count). The molecule has 1 aliphatic heterocycles. The first kappa shape index (κ1) is 16.5. The predicted octanol–water partition coefficient (Wildman–Crippen LogP) is 2.25. The van der Waals surface area contributed by atoms with Crippen LogP contribution in [0.1, 0.15) is 31.4 Å². The van der Waals surface area contributed by atoms with Gasteiger partial charge >= 0.3 is 0 Å². The maximum Gasteiger partial charge on any atom is 0.227 e. The second kappa shape index (κ2) is 7.43. The normalized spacial score (nSPS) is 16.5. The summed E-state index contributed by atoms with van der Waals surface area (Å²) in [4.78, 5) is 28.3.